The van der Waals surface area contributed by atoms with Crippen molar-refractivity contribution in [2.24, 2.45) is 0 Å². The Morgan fingerprint density at radius 3 is 2.27 bits per heavy atom. The van der Waals surface area contributed by atoms with Crippen molar-refractivity contribution in [3.05, 3.63) is 88.2 Å². The van der Waals surface area contributed by atoms with Crippen molar-refractivity contribution in [1.82, 2.24) is 20.3 Å². The van der Waals surface area contributed by atoms with Crippen molar-refractivity contribution in [2.75, 3.05) is 18.1 Å². The first-order chi connectivity index (χ1) is 14.6. The van der Waals surface area contributed by atoms with Crippen molar-refractivity contribution in [3.63, 3.8) is 0 Å². The Labute approximate surface area is 172 Å². The average molecular weight is 403 g/mol. The summed E-state index contributed by atoms with van der Waals surface area (Å²) in [6.07, 6.45) is 12.1. The number of fused-ring (bicyclic) bond motifs is 1. The minimum Gasteiger partial charge on any atom is -0.387 e. The lowest BCUT2D eigenvalue weighted by Crippen LogP contribution is -2.53. The zero-order valence-electron chi connectivity index (χ0n) is 16.5. The minimum absolute atomic E-state index is 0.251. The Morgan fingerprint density at radius 2 is 1.73 bits per heavy atom. The molecule has 2 aromatic heterocycles. The van der Waals surface area contributed by atoms with E-state index in [-0.39, 0.29) is 18.7 Å². The molecule has 0 saturated heterocycles. The molecule has 0 aromatic carbocycles. The Balaban J connectivity index is 1.96. The third kappa shape index (κ3) is 3.43. The van der Waals surface area contributed by atoms with Gasteiger partial charge in [0.15, 0.2) is 5.65 Å². The molecular formula is C22H21N5O3. The summed E-state index contributed by atoms with van der Waals surface area (Å²) in [4.78, 5) is 44.6. The lowest BCUT2D eigenvalue weighted by Gasteiger charge is -2.27. The summed E-state index contributed by atoms with van der Waals surface area (Å²) in [5, 5.41) is 7.52. The van der Waals surface area contributed by atoms with Crippen LogP contribution in [0.3, 0.4) is 0 Å². The highest BCUT2D eigenvalue weighted by atomic mass is 16.2. The van der Waals surface area contributed by atoms with Crippen molar-refractivity contribution >= 4 is 22.8 Å². The van der Waals surface area contributed by atoms with Gasteiger partial charge >= 0.3 is 0 Å². The molecule has 4 rings (SSSR count). The minimum atomic E-state index is -0.574. The second-order valence-electron chi connectivity index (χ2n) is 6.84. The summed E-state index contributed by atoms with van der Waals surface area (Å²) in [5.41, 5.74) is 1.03. The van der Waals surface area contributed by atoms with E-state index in [2.05, 4.69) is 15.6 Å². The van der Waals surface area contributed by atoms with Gasteiger partial charge in [0.05, 0.1) is 0 Å². The van der Waals surface area contributed by atoms with Crippen molar-refractivity contribution in [2.45, 2.75) is 13.3 Å². The zero-order valence-corrected chi connectivity index (χ0v) is 16.5. The summed E-state index contributed by atoms with van der Waals surface area (Å²) >= 11 is 0. The van der Waals surface area contributed by atoms with E-state index in [4.69, 9.17) is 0 Å². The molecule has 0 spiro atoms. The number of carbonyl (C=O) groups excluding carboxylic acids is 2. The molecule has 2 N–H and O–H groups in total. The molecule has 0 aliphatic carbocycles. The summed E-state index contributed by atoms with van der Waals surface area (Å²) in [6, 6.07) is 5.31. The fourth-order valence-corrected chi connectivity index (χ4v) is 3.38. The first kappa shape index (κ1) is 19.4. The summed E-state index contributed by atoms with van der Waals surface area (Å²) in [6.45, 7) is 2.36. The fourth-order valence-electron chi connectivity index (χ4n) is 3.38. The SMILES string of the molecule is CCc1cc2cccnc2n(N(C(=O)C2=CC=CNC2)C(=O)C2=CC=CNC2)c1=O. The Bertz CT molecular complexity index is 1160. The number of pyridine rings is 2. The van der Waals surface area contributed by atoms with Gasteiger partial charge in [0.25, 0.3) is 17.4 Å². The van der Waals surface area contributed by atoms with Crippen molar-refractivity contribution in [3.8, 4) is 0 Å². The molecule has 152 valence electrons. The monoisotopic (exact) mass is 403 g/mol. The molecule has 0 fully saturated rings. The van der Waals surface area contributed by atoms with Crippen molar-refractivity contribution < 1.29 is 9.59 Å². The summed E-state index contributed by atoms with van der Waals surface area (Å²) in [5.74, 6) is -1.15. The second-order valence-corrected chi connectivity index (χ2v) is 6.84. The molecule has 0 atom stereocenters. The van der Waals surface area contributed by atoms with Gasteiger partial charge in [0.2, 0.25) is 0 Å². The highest BCUT2D eigenvalue weighted by Crippen LogP contribution is 2.16. The van der Waals surface area contributed by atoms with Crippen LogP contribution in [0.1, 0.15) is 12.5 Å². The number of rotatable bonds is 4. The molecule has 8 heteroatoms. The highest BCUT2D eigenvalue weighted by Gasteiger charge is 2.32. The van der Waals surface area contributed by atoms with E-state index in [0.29, 0.717) is 28.5 Å². The largest absolute Gasteiger partial charge is 0.387 e. The van der Waals surface area contributed by atoms with Gasteiger partial charge in [-0.2, -0.15) is 9.69 Å². The summed E-state index contributed by atoms with van der Waals surface area (Å²) in [7, 11) is 0. The molecule has 0 radical (unpaired) electrons. The topological polar surface area (TPSA) is 96.3 Å². The smallest absolute Gasteiger partial charge is 0.278 e. The van der Waals surface area contributed by atoms with Crippen LogP contribution in [0.4, 0.5) is 0 Å². The van der Waals surface area contributed by atoms with E-state index in [1.807, 2.05) is 6.92 Å². The zero-order chi connectivity index (χ0) is 21.1. The molecule has 2 amide bonds. The molecule has 0 saturated carbocycles. The van der Waals surface area contributed by atoms with Gasteiger partial charge < -0.3 is 10.6 Å². The van der Waals surface area contributed by atoms with E-state index >= 15 is 0 Å². The number of nitrogens with zero attached hydrogens (tertiary/aromatic N) is 3. The molecule has 0 bridgehead atoms. The Hall–Kier alpha value is -3.94. The number of allylic oxidation sites excluding steroid dienone is 4. The first-order valence-corrected chi connectivity index (χ1v) is 9.68. The molecule has 30 heavy (non-hydrogen) atoms. The lowest BCUT2D eigenvalue weighted by atomic mass is 10.1. The number of dihydropyridines is 2. The second kappa shape index (κ2) is 8.20. The third-order valence-corrected chi connectivity index (χ3v) is 4.94. The highest BCUT2D eigenvalue weighted by molar-refractivity contribution is 6.21. The molecule has 8 nitrogen and oxygen atoms in total. The summed E-state index contributed by atoms with van der Waals surface area (Å²) < 4.78 is 1.11. The normalized spacial score (nSPS) is 15.1. The van der Waals surface area contributed by atoms with E-state index in [1.165, 1.54) is 6.20 Å². The molecule has 2 aliphatic heterocycles. The van der Waals surface area contributed by atoms with Crippen LogP contribution >= 0.6 is 0 Å². The molecular weight excluding hydrogens is 382 g/mol. The fraction of sp³-hybridized carbons (Fsp3) is 0.182. The molecule has 0 unspecified atom stereocenters. The van der Waals surface area contributed by atoms with Crippen LogP contribution in [0.15, 0.2) is 77.0 Å². The van der Waals surface area contributed by atoms with Gasteiger partial charge in [-0.15, -0.1) is 0 Å². The molecule has 4 heterocycles. The van der Waals surface area contributed by atoms with Crippen LogP contribution in [0.5, 0.6) is 0 Å². The van der Waals surface area contributed by atoms with Crippen molar-refractivity contribution in [1.29, 1.82) is 0 Å². The first-order valence-electron chi connectivity index (χ1n) is 9.68. The number of amides is 2. The van der Waals surface area contributed by atoms with E-state index in [0.717, 1.165) is 9.69 Å². The van der Waals surface area contributed by atoms with Crippen LogP contribution in [-0.2, 0) is 16.0 Å². The number of carbonyl (C=O) groups is 2. The van der Waals surface area contributed by atoms with E-state index < -0.39 is 17.4 Å². The maximum atomic E-state index is 13.5. The van der Waals surface area contributed by atoms with Crippen LogP contribution in [0.2, 0.25) is 0 Å². The number of nitrogens with one attached hydrogen (secondary N) is 2. The average Bonchev–Trinajstić information content (AvgIpc) is 2.81. The lowest BCUT2D eigenvalue weighted by molar-refractivity contribution is -0.125. The van der Waals surface area contributed by atoms with Gasteiger partial charge in [-0.3, -0.25) is 14.4 Å². The number of aromatic nitrogens is 2. The number of hydrogen-bond donors (Lipinski definition) is 2. The van der Waals surface area contributed by atoms with Gasteiger partial charge in [0.1, 0.15) is 0 Å². The molecule has 2 aromatic rings. The quantitative estimate of drug-likeness (QED) is 0.741. The van der Waals surface area contributed by atoms with Gasteiger partial charge in [-0.25, -0.2) is 4.98 Å². The predicted molar refractivity (Wildman–Crippen MR) is 114 cm³/mol. The Morgan fingerprint density at radius 1 is 1.10 bits per heavy atom. The molecule has 2 aliphatic rings. The third-order valence-electron chi connectivity index (χ3n) is 4.94. The number of imide groups is 1. The van der Waals surface area contributed by atoms with E-state index in [9.17, 15) is 14.4 Å². The van der Waals surface area contributed by atoms with Crippen LogP contribution in [0, 0.1) is 0 Å². The standard InChI is InChI=1S/C22H21N5O3/c1-2-15-12-16-6-5-11-25-19(16)26(20(15)28)27(21(29)17-7-3-9-23-13-17)22(30)18-8-4-10-24-14-18/h3-12,23-24H,2,13-14H2,1H3. The predicted octanol–water partition coefficient (Wildman–Crippen LogP) is 1.04. The number of aryl methyl sites for hydroxylation is 1. The van der Waals surface area contributed by atoms with Gasteiger partial charge in [0, 0.05) is 41.4 Å². The van der Waals surface area contributed by atoms with Crippen LogP contribution in [-0.4, -0.2) is 34.6 Å². The Kier molecular flexibility index (Phi) is 5.30. The number of hydrogen-bond acceptors (Lipinski definition) is 6. The van der Waals surface area contributed by atoms with Crippen LogP contribution < -0.4 is 21.2 Å². The maximum absolute atomic E-state index is 13.5. The maximum Gasteiger partial charge on any atom is 0.278 e. The van der Waals surface area contributed by atoms with Gasteiger partial charge in [-0.05, 0) is 49.2 Å². The van der Waals surface area contributed by atoms with Gasteiger partial charge in [-0.1, -0.05) is 19.1 Å². The van der Waals surface area contributed by atoms with E-state index in [1.54, 1.807) is 54.9 Å². The van der Waals surface area contributed by atoms with Crippen LogP contribution in [0.25, 0.3) is 11.0 Å².